The van der Waals surface area contributed by atoms with Crippen molar-refractivity contribution in [2.75, 3.05) is 12.3 Å². The third kappa shape index (κ3) is 2.68. The summed E-state index contributed by atoms with van der Waals surface area (Å²) in [4.78, 5) is 23.4. The van der Waals surface area contributed by atoms with Gasteiger partial charge in [-0.25, -0.2) is 8.42 Å². The molecular weight excluding hydrogens is 362 g/mol. The van der Waals surface area contributed by atoms with Gasteiger partial charge in [0.2, 0.25) is 21.8 Å². The number of amides is 2. The summed E-state index contributed by atoms with van der Waals surface area (Å²) >= 11 is 3.15. The van der Waals surface area contributed by atoms with E-state index in [4.69, 9.17) is 5.73 Å². The molecule has 1 fully saturated rings. The highest BCUT2D eigenvalue weighted by atomic mass is 79.9. The standard InChI is InChI=1S/C12H14BrN3O4S/c1-12(2)11(18)15-10(17)6-16(12)21(19,20)9-4-3-7(14)5-8(9)13/h3-5H,6,14H2,1-2H3,(H,15,17,18). The van der Waals surface area contributed by atoms with Crippen LogP contribution < -0.4 is 11.1 Å². The first-order chi connectivity index (χ1) is 9.56. The van der Waals surface area contributed by atoms with Gasteiger partial charge in [-0.05, 0) is 48.0 Å². The molecule has 1 aliphatic heterocycles. The molecule has 1 saturated heterocycles. The number of hydrogen-bond donors (Lipinski definition) is 2. The number of halogens is 1. The summed E-state index contributed by atoms with van der Waals surface area (Å²) < 4.78 is 26.7. The molecule has 2 rings (SSSR count). The molecule has 9 heteroatoms. The average molecular weight is 376 g/mol. The third-order valence-corrected chi connectivity index (χ3v) is 6.24. The van der Waals surface area contributed by atoms with Gasteiger partial charge in [-0.1, -0.05) is 0 Å². The van der Waals surface area contributed by atoms with Crippen LogP contribution in [0, 0.1) is 0 Å². The van der Waals surface area contributed by atoms with Crippen LogP contribution in [0.4, 0.5) is 5.69 Å². The number of nitrogens with one attached hydrogen (secondary N) is 1. The van der Waals surface area contributed by atoms with Crippen molar-refractivity contribution in [3.8, 4) is 0 Å². The van der Waals surface area contributed by atoms with E-state index in [1.165, 1.54) is 32.0 Å². The Kier molecular flexibility index (Phi) is 3.85. The number of carbonyl (C=O) groups excluding carboxylic acids is 2. The predicted octanol–water partition coefficient (Wildman–Crippen LogP) is 0.457. The second-order valence-corrected chi connectivity index (χ2v) is 7.82. The number of carbonyl (C=O) groups is 2. The second kappa shape index (κ2) is 5.08. The Hall–Kier alpha value is -1.45. The molecule has 0 aromatic heterocycles. The second-order valence-electron chi connectivity index (χ2n) is 5.14. The molecule has 0 aliphatic carbocycles. The van der Waals surface area contributed by atoms with E-state index >= 15 is 0 Å². The predicted molar refractivity (Wildman–Crippen MR) is 79.7 cm³/mol. The van der Waals surface area contributed by atoms with E-state index < -0.39 is 33.9 Å². The number of hydrogen-bond acceptors (Lipinski definition) is 5. The van der Waals surface area contributed by atoms with Gasteiger partial charge < -0.3 is 5.73 Å². The molecule has 2 amide bonds. The molecule has 1 aliphatic rings. The van der Waals surface area contributed by atoms with Crippen LogP contribution in [0.1, 0.15) is 13.8 Å². The summed E-state index contributed by atoms with van der Waals surface area (Å²) in [5.41, 5.74) is 4.62. The first-order valence-corrected chi connectivity index (χ1v) is 8.22. The Morgan fingerprint density at radius 1 is 1.33 bits per heavy atom. The number of rotatable bonds is 2. The zero-order chi connectivity index (χ0) is 16.0. The molecule has 3 N–H and O–H groups in total. The van der Waals surface area contributed by atoms with Crippen LogP contribution in [-0.4, -0.2) is 36.6 Å². The summed E-state index contributed by atoms with van der Waals surface area (Å²) in [5, 5.41) is 2.13. The summed E-state index contributed by atoms with van der Waals surface area (Å²) in [5.74, 6) is -1.32. The van der Waals surface area contributed by atoms with E-state index in [9.17, 15) is 18.0 Å². The van der Waals surface area contributed by atoms with Crippen LogP contribution in [0.5, 0.6) is 0 Å². The van der Waals surface area contributed by atoms with Crippen LogP contribution in [-0.2, 0) is 19.6 Å². The Morgan fingerprint density at radius 2 is 1.95 bits per heavy atom. The van der Waals surface area contributed by atoms with Gasteiger partial charge in [-0.2, -0.15) is 4.31 Å². The Bertz CT molecular complexity index is 730. The maximum atomic E-state index is 12.7. The molecule has 114 valence electrons. The highest BCUT2D eigenvalue weighted by Gasteiger charge is 2.48. The lowest BCUT2D eigenvalue weighted by Crippen LogP contribution is -2.65. The van der Waals surface area contributed by atoms with Crippen molar-refractivity contribution in [1.29, 1.82) is 0 Å². The number of sulfonamides is 1. The molecule has 0 bridgehead atoms. The highest BCUT2D eigenvalue weighted by Crippen LogP contribution is 2.31. The van der Waals surface area contributed by atoms with Crippen molar-refractivity contribution in [2.45, 2.75) is 24.3 Å². The number of nitrogen functional groups attached to an aromatic ring is 1. The molecular formula is C12H14BrN3O4S. The Balaban J connectivity index is 2.56. The minimum atomic E-state index is -4.03. The molecule has 1 heterocycles. The maximum absolute atomic E-state index is 12.7. The first-order valence-electron chi connectivity index (χ1n) is 5.99. The van der Waals surface area contributed by atoms with Crippen LogP contribution >= 0.6 is 15.9 Å². The molecule has 0 radical (unpaired) electrons. The van der Waals surface area contributed by atoms with Gasteiger partial charge in [0.25, 0.3) is 0 Å². The summed E-state index contributed by atoms with van der Waals surface area (Å²) in [7, 11) is -4.03. The van der Waals surface area contributed by atoms with Crippen molar-refractivity contribution in [3.05, 3.63) is 22.7 Å². The highest BCUT2D eigenvalue weighted by molar-refractivity contribution is 9.10. The van der Waals surface area contributed by atoms with E-state index in [-0.39, 0.29) is 9.37 Å². The zero-order valence-electron chi connectivity index (χ0n) is 11.4. The number of nitrogens with zero attached hydrogens (tertiary/aromatic N) is 1. The van der Waals surface area contributed by atoms with Crippen molar-refractivity contribution in [3.63, 3.8) is 0 Å². The van der Waals surface area contributed by atoms with Gasteiger partial charge in [0, 0.05) is 10.2 Å². The van der Waals surface area contributed by atoms with Gasteiger partial charge in [-0.3, -0.25) is 14.9 Å². The van der Waals surface area contributed by atoms with Gasteiger partial charge in [0.15, 0.2) is 0 Å². The van der Waals surface area contributed by atoms with Crippen LogP contribution in [0.2, 0.25) is 0 Å². The van der Waals surface area contributed by atoms with Crippen LogP contribution in [0.15, 0.2) is 27.6 Å². The van der Waals surface area contributed by atoms with Crippen molar-refractivity contribution in [2.24, 2.45) is 0 Å². The normalized spacial score (nSPS) is 19.4. The quantitative estimate of drug-likeness (QED) is 0.576. The SMILES string of the molecule is CC1(C)C(=O)NC(=O)CN1S(=O)(=O)c1ccc(N)cc1Br. The summed E-state index contributed by atoms with van der Waals surface area (Å²) in [6.07, 6.45) is 0. The van der Waals surface area contributed by atoms with E-state index in [0.29, 0.717) is 5.69 Å². The Morgan fingerprint density at radius 3 is 2.52 bits per heavy atom. The number of anilines is 1. The average Bonchev–Trinajstić information content (AvgIpc) is 2.33. The number of nitrogens with two attached hydrogens (primary N) is 1. The summed E-state index contributed by atoms with van der Waals surface area (Å²) in [6.45, 7) is 2.47. The molecule has 1 aromatic carbocycles. The van der Waals surface area contributed by atoms with Crippen molar-refractivity contribution in [1.82, 2.24) is 9.62 Å². The van der Waals surface area contributed by atoms with E-state index in [2.05, 4.69) is 21.2 Å². The van der Waals surface area contributed by atoms with E-state index in [1.54, 1.807) is 0 Å². The number of benzene rings is 1. The fourth-order valence-electron chi connectivity index (χ4n) is 1.99. The molecule has 0 saturated carbocycles. The van der Waals surface area contributed by atoms with E-state index in [0.717, 1.165) is 4.31 Å². The lowest BCUT2D eigenvalue weighted by atomic mass is 10.0. The lowest BCUT2D eigenvalue weighted by molar-refractivity contribution is -0.141. The van der Waals surface area contributed by atoms with Crippen LogP contribution in [0.3, 0.4) is 0 Å². The number of imide groups is 1. The maximum Gasteiger partial charge on any atom is 0.247 e. The Labute approximate surface area is 130 Å². The molecule has 7 nitrogen and oxygen atoms in total. The van der Waals surface area contributed by atoms with E-state index in [1.807, 2.05) is 0 Å². The smallest absolute Gasteiger partial charge is 0.247 e. The lowest BCUT2D eigenvalue weighted by Gasteiger charge is -2.38. The van der Waals surface area contributed by atoms with Crippen LogP contribution in [0.25, 0.3) is 0 Å². The zero-order valence-corrected chi connectivity index (χ0v) is 13.8. The fraction of sp³-hybridized carbons (Fsp3) is 0.333. The van der Waals surface area contributed by atoms with Crippen molar-refractivity contribution >= 4 is 43.5 Å². The molecule has 0 atom stereocenters. The minimum absolute atomic E-state index is 0.0488. The summed E-state index contributed by atoms with van der Waals surface area (Å²) in [6, 6.07) is 4.23. The van der Waals surface area contributed by atoms with Gasteiger partial charge >= 0.3 is 0 Å². The van der Waals surface area contributed by atoms with Crippen molar-refractivity contribution < 1.29 is 18.0 Å². The fourth-order valence-corrected chi connectivity index (χ4v) is 4.75. The van der Waals surface area contributed by atoms with Gasteiger partial charge in [-0.15, -0.1) is 0 Å². The molecule has 21 heavy (non-hydrogen) atoms. The largest absolute Gasteiger partial charge is 0.399 e. The number of piperazine rings is 1. The monoisotopic (exact) mass is 375 g/mol. The topological polar surface area (TPSA) is 110 Å². The molecule has 0 spiro atoms. The minimum Gasteiger partial charge on any atom is -0.399 e. The van der Waals surface area contributed by atoms with Gasteiger partial charge in [0.05, 0.1) is 11.4 Å². The van der Waals surface area contributed by atoms with Gasteiger partial charge in [0.1, 0.15) is 5.54 Å². The first kappa shape index (κ1) is 15.9. The molecule has 0 unspecified atom stereocenters. The third-order valence-electron chi connectivity index (χ3n) is 3.24. The molecule has 1 aromatic rings.